The number of nitrogens with one attached hydrogen (secondary N) is 1. The summed E-state index contributed by atoms with van der Waals surface area (Å²) < 4.78 is 26.5. The van der Waals surface area contributed by atoms with Gasteiger partial charge in [0.25, 0.3) is 0 Å². The molecular formula is C12H17ClN2O2S. The zero-order valence-corrected chi connectivity index (χ0v) is 11.7. The molecule has 1 aliphatic rings. The highest BCUT2D eigenvalue weighted by Gasteiger charge is 2.17. The Hall–Kier alpha value is -0.650. The van der Waals surface area contributed by atoms with Crippen molar-refractivity contribution < 1.29 is 8.42 Å². The van der Waals surface area contributed by atoms with Crippen molar-refractivity contribution in [2.45, 2.75) is 37.0 Å². The average Bonchev–Trinajstić information content (AvgIpc) is 2.82. The lowest BCUT2D eigenvalue weighted by Gasteiger charge is -2.10. The fourth-order valence-corrected chi connectivity index (χ4v) is 3.40. The molecule has 0 amide bonds. The summed E-state index contributed by atoms with van der Waals surface area (Å²) >= 11 is 5.63. The molecule has 2 rings (SSSR count). The molecule has 0 spiro atoms. The highest BCUT2D eigenvalue weighted by molar-refractivity contribution is 7.89. The predicted octanol–water partition coefficient (Wildman–Crippen LogP) is 2.59. The van der Waals surface area contributed by atoms with Crippen LogP contribution >= 0.6 is 11.6 Å². The molecule has 1 aliphatic carbocycles. The van der Waals surface area contributed by atoms with Crippen LogP contribution in [0.5, 0.6) is 0 Å². The van der Waals surface area contributed by atoms with E-state index in [9.17, 15) is 8.42 Å². The van der Waals surface area contributed by atoms with E-state index in [1.165, 1.54) is 44.0 Å². The van der Waals surface area contributed by atoms with Crippen LogP contribution in [0.3, 0.4) is 0 Å². The van der Waals surface area contributed by atoms with Crippen LogP contribution in [0.15, 0.2) is 23.2 Å². The van der Waals surface area contributed by atoms with Gasteiger partial charge in [0, 0.05) is 12.7 Å². The van der Waals surface area contributed by atoms with Crippen LogP contribution < -0.4 is 4.72 Å². The van der Waals surface area contributed by atoms with Crippen LogP contribution in [0, 0.1) is 5.92 Å². The highest BCUT2D eigenvalue weighted by atomic mass is 35.5. The van der Waals surface area contributed by atoms with E-state index in [4.69, 9.17) is 11.6 Å². The van der Waals surface area contributed by atoms with Crippen LogP contribution in [0.25, 0.3) is 0 Å². The minimum absolute atomic E-state index is 0.165. The summed E-state index contributed by atoms with van der Waals surface area (Å²) in [7, 11) is -3.44. The number of sulfonamides is 1. The third kappa shape index (κ3) is 3.67. The summed E-state index contributed by atoms with van der Waals surface area (Å²) in [5.41, 5.74) is 0. The minimum atomic E-state index is -3.44. The van der Waals surface area contributed by atoms with Gasteiger partial charge in [-0.05, 0) is 24.5 Å². The topological polar surface area (TPSA) is 59.1 Å². The van der Waals surface area contributed by atoms with Gasteiger partial charge in [-0.15, -0.1) is 0 Å². The number of hydrogen-bond acceptors (Lipinski definition) is 3. The van der Waals surface area contributed by atoms with Crippen molar-refractivity contribution >= 4 is 21.6 Å². The van der Waals surface area contributed by atoms with E-state index in [1.54, 1.807) is 0 Å². The molecule has 0 aromatic carbocycles. The van der Waals surface area contributed by atoms with E-state index in [-0.39, 0.29) is 4.90 Å². The van der Waals surface area contributed by atoms with E-state index in [0.29, 0.717) is 17.6 Å². The van der Waals surface area contributed by atoms with Gasteiger partial charge in [0.05, 0.1) is 0 Å². The Morgan fingerprint density at radius 1 is 1.33 bits per heavy atom. The molecule has 1 aromatic rings. The minimum Gasteiger partial charge on any atom is -0.243 e. The van der Waals surface area contributed by atoms with Crippen LogP contribution in [0.2, 0.25) is 5.15 Å². The number of halogens is 1. The normalized spacial score (nSPS) is 17.2. The largest absolute Gasteiger partial charge is 0.243 e. The molecule has 100 valence electrons. The second-order valence-corrected chi connectivity index (χ2v) is 6.81. The lowest BCUT2D eigenvalue weighted by molar-refractivity contribution is 0.495. The van der Waals surface area contributed by atoms with E-state index in [2.05, 4.69) is 9.71 Å². The highest BCUT2D eigenvalue weighted by Crippen LogP contribution is 2.27. The Labute approximate surface area is 113 Å². The Morgan fingerprint density at radius 3 is 2.67 bits per heavy atom. The number of aromatic nitrogens is 1. The standard InChI is InChI=1S/C12H17ClN2O2S/c13-12-6-5-11(9-14-12)18(16,17)15-8-7-10-3-1-2-4-10/h5-6,9-10,15H,1-4,7-8H2. The Balaban J connectivity index is 1.88. The summed E-state index contributed by atoms with van der Waals surface area (Å²) in [4.78, 5) is 3.94. The number of hydrogen-bond donors (Lipinski definition) is 1. The van der Waals surface area contributed by atoms with Crippen molar-refractivity contribution in [3.63, 3.8) is 0 Å². The van der Waals surface area contributed by atoms with Gasteiger partial charge < -0.3 is 0 Å². The Kier molecular flexibility index (Phi) is 4.59. The molecule has 1 aromatic heterocycles. The summed E-state index contributed by atoms with van der Waals surface area (Å²) in [5, 5.41) is 0.292. The monoisotopic (exact) mass is 288 g/mol. The molecule has 18 heavy (non-hydrogen) atoms. The Morgan fingerprint density at radius 2 is 2.06 bits per heavy atom. The quantitative estimate of drug-likeness (QED) is 0.847. The molecule has 1 heterocycles. The molecule has 4 nitrogen and oxygen atoms in total. The first-order chi connectivity index (χ1) is 8.58. The van der Waals surface area contributed by atoms with Gasteiger partial charge in [-0.2, -0.15) is 0 Å². The summed E-state index contributed by atoms with van der Waals surface area (Å²) in [6, 6.07) is 2.94. The van der Waals surface area contributed by atoms with E-state index < -0.39 is 10.0 Å². The van der Waals surface area contributed by atoms with Crippen molar-refractivity contribution in [1.82, 2.24) is 9.71 Å². The number of nitrogens with zero attached hydrogens (tertiary/aromatic N) is 1. The van der Waals surface area contributed by atoms with E-state index in [0.717, 1.165) is 6.42 Å². The first-order valence-electron chi connectivity index (χ1n) is 6.19. The van der Waals surface area contributed by atoms with Gasteiger partial charge in [-0.1, -0.05) is 37.3 Å². The second-order valence-electron chi connectivity index (χ2n) is 4.65. The molecule has 0 aliphatic heterocycles. The SMILES string of the molecule is O=S(=O)(NCCC1CCCC1)c1ccc(Cl)nc1. The maximum absolute atomic E-state index is 11.9. The second kappa shape index (κ2) is 5.99. The number of rotatable bonds is 5. The molecule has 1 saturated carbocycles. The summed E-state index contributed by atoms with van der Waals surface area (Å²) in [6.07, 6.45) is 7.20. The van der Waals surface area contributed by atoms with E-state index in [1.807, 2.05) is 0 Å². The van der Waals surface area contributed by atoms with E-state index >= 15 is 0 Å². The zero-order valence-electron chi connectivity index (χ0n) is 10.1. The maximum Gasteiger partial charge on any atom is 0.242 e. The predicted molar refractivity (Wildman–Crippen MR) is 71.0 cm³/mol. The first kappa shape index (κ1) is 13.8. The van der Waals surface area contributed by atoms with Crippen LogP contribution in [-0.4, -0.2) is 19.9 Å². The lowest BCUT2D eigenvalue weighted by atomic mass is 10.1. The van der Waals surface area contributed by atoms with Gasteiger partial charge in [-0.3, -0.25) is 0 Å². The number of pyridine rings is 1. The van der Waals surface area contributed by atoms with Gasteiger partial charge in [0.15, 0.2) is 0 Å². The smallest absolute Gasteiger partial charge is 0.242 e. The summed E-state index contributed by atoms with van der Waals surface area (Å²) in [6.45, 7) is 0.496. The van der Waals surface area contributed by atoms with Crippen molar-refractivity contribution in [1.29, 1.82) is 0 Å². The maximum atomic E-state index is 11.9. The lowest BCUT2D eigenvalue weighted by Crippen LogP contribution is -2.26. The van der Waals surface area contributed by atoms with Crippen molar-refractivity contribution in [3.05, 3.63) is 23.5 Å². The van der Waals surface area contributed by atoms with Crippen LogP contribution in [-0.2, 0) is 10.0 Å². The Bertz CT molecular complexity index is 481. The third-order valence-electron chi connectivity index (χ3n) is 3.33. The van der Waals surface area contributed by atoms with Gasteiger partial charge in [0.2, 0.25) is 10.0 Å². The first-order valence-corrected chi connectivity index (χ1v) is 8.05. The van der Waals surface area contributed by atoms with Gasteiger partial charge in [-0.25, -0.2) is 18.1 Å². The van der Waals surface area contributed by atoms with Crippen LogP contribution in [0.1, 0.15) is 32.1 Å². The third-order valence-corrected chi connectivity index (χ3v) is 5.00. The average molecular weight is 289 g/mol. The molecule has 0 saturated heterocycles. The molecule has 1 fully saturated rings. The van der Waals surface area contributed by atoms with Crippen molar-refractivity contribution in [2.75, 3.05) is 6.54 Å². The molecule has 6 heteroatoms. The fourth-order valence-electron chi connectivity index (χ4n) is 2.30. The molecule has 0 unspecified atom stereocenters. The van der Waals surface area contributed by atoms with Crippen LogP contribution in [0.4, 0.5) is 0 Å². The molecule has 0 radical (unpaired) electrons. The zero-order chi connectivity index (χ0) is 13.0. The molecule has 0 atom stereocenters. The molecular weight excluding hydrogens is 272 g/mol. The molecule has 0 bridgehead atoms. The van der Waals surface area contributed by atoms with Gasteiger partial charge in [0.1, 0.15) is 10.0 Å². The summed E-state index contributed by atoms with van der Waals surface area (Å²) in [5.74, 6) is 0.677. The van der Waals surface area contributed by atoms with Gasteiger partial charge >= 0.3 is 0 Å². The van der Waals surface area contributed by atoms with Crippen molar-refractivity contribution in [3.8, 4) is 0 Å². The van der Waals surface area contributed by atoms with Crippen molar-refractivity contribution in [2.24, 2.45) is 5.92 Å². The molecule has 1 N–H and O–H groups in total. The fraction of sp³-hybridized carbons (Fsp3) is 0.583.